The highest BCUT2D eigenvalue weighted by Crippen LogP contribution is 2.29. The summed E-state index contributed by atoms with van der Waals surface area (Å²) in [5, 5.41) is 9.03. The lowest BCUT2D eigenvalue weighted by Gasteiger charge is -2.07. The summed E-state index contributed by atoms with van der Waals surface area (Å²) in [6, 6.07) is 4.11. The van der Waals surface area contributed by atoms with Gasteiger partial charge in [-0.15, -0.1) is 5.10 Å². The molecule has 1 aromatic carbocycles. The van der Waals surface area contributed by atoms with Crippen LogP contribution in [0.15, 0.2) is 22.8 Å². The van der Waals surface area contributed by atoms with E-state index in [9.17, 15) is 0 Å². The van der Waals surface area contributed by atoms with Gasteiger partial charge in [-0.25, -0.2) is 0 Å². The third-order valence-corrected chi connectivity index (χ3v) is 2.98. The molecular weight excluding hydrogens is 256 g/mol. The second kappa shape index (κ2) is 4.14. The van der Waals surface area contributed by atoms with Crippen LogP contribution in [0.25, 0.3) is 10.9 Å². The Morgan fingerprint density at radius 3 is 2.87 bits per heavy atom. The molecule has 0 aliphatic carbocycles. The molecule has 0 spiro atoms. The minimum absolute atomic E-state index is 0.776. The van der Waals surface area contributed by atoms with Crippen LogP contribution in [0, 0.1) is 0 Å². The highest BCUT2D eigenvalue weighted by molar-refractivity contribution is 9.10. The Bertz CT molecular complexity index is 499. The predicted molar refractivity (Wildman–Crippen MR) is 63.2 cm³/mol. The maximum Gasteiger partial charge on any atom is 0.147 e. The SMILES string of the molecule is CCc1cc(OC)c2nncc(Br)c2c1. The Morgan fingerprint density at radius 2 is 2.20 bits per heavy atom. The summed E-state index contributed by atoms with van der Waals surface area (Å²) in [6.45, 7) is 2.11. The summed E-state index contributed by atoms with van der Waals surface area (Å²) >= 11 is 3.47. The zero-order chi connectivity index (χ0) is 10.8. The standard InChI is InChI=1S/C11H11BrN2O/c1-3-7-4-8-9(12)6-13-14-11(8)10(5-7)15-2/h4-6H,3H2,1-2H3. The molecule has 0 radical (unpaired) electrons. The molecule has 0 saturated carbocycles. The van der Waals surface area contributed by atoms with E-state index in [-0.39, 0.29) is 0 Å². The fourth-order valence-corrected chi connectivity index (χ4v) is 1.91. The normalized spacial score (nSPS) is 10.6. The molecule has 0 amide bonds. The number of aryl methyl sites for hydroxylation is 1. The van der Waals surface area contributed by atoms with Gasteiger partial charge in [-0.3, -0.25) is 0 Å². The summed E-state index contributed by atoms with van der Waals surface area (Å²) in [7, 11) is 1.65. The van der Waals surface area contributed by atoms with Crippen molar-refractivity contribution in [1.29, 1.82) is 0 Å². The first kappa shape index (κ1) is 10.4. The van der Waals surface area contributed by atoms with Gasteiger partial charge in [-0.05, 0) is 40.0 Å². The molecule has 0 aliphatic heterocycles. The van der Waals surface area contributed by atoms with Crippen molar-refractivity contribution in [1.82, 2.24) is 10.2 Å². The van der Waals surface area contributed by atoms with Gasteiger partial charge in [0, 0.05) is 9.86 Å². The van der Waals surface area contributed by atoms with Crippen LogP contribution >= 0.6 is 15.9 Å². The topological polar surface area (TPSA) is 35.0 Å². The summed E-state index contributed by atoms with van der Waals surface area (Å²) < 4.78 is 6.25. The zero-order valence-corrected chi connectivity index (χ0v) is 10.2. The first-order chi connectivity index (χ1) is 7.26. The van der Waals surface area contributed by atoms with Crippen LogP contribution in [-0.2, 0) is 6.42 Å². The maximum absolute atomic E-state index is 5.30. The fraction of sp³-hybridized carbons (Fsp3) is 0.273. The summed E-state index contributed by atoms with van der Waals surface area (Å²) in [6.07, 6.45) is 2.67. The van der Waals surface area contributed by atoms with Crippen molar-refractivity contribution in [2.75, 3.05) is 7.11 Å². The van der Waals surface area contributed by atoms with E-state index in [0.717, 1.165) is 27.5 Å². The van der Waals surface area contributed by atoms with E-state index in [1.54, 1.807) is 13.3 Å². The number of rotatable bonds is 2. The van der Waals surface area contributed by atoms with Gasteiger partial charge in [0.25, 0.3) is 0 Å². The zero-order valence-electron chi connectivity index (χ0n) is 8.62. The molecule has 0 atom stereocenters. The quantitative estimate of drug-likeness (QED) is 0.839. The van der Waals surface area contributed by atoms with Crippen LogP contribution in [0.4, 0.5) is 0 Å². The summed E-state index contributed by atoms with van der Waals surface area (Å²) in [4.78, 5) is 0. The van der Waals surface area contributed by atoms with Crippen molar-refractivity contribution < 1.29 is 4.74 Å². The van der Waals surface area contributed by atoms with Crippen LogP contribution in [-0.4, -0.2) is 17.3 Å². The van der Waals surface area contributed by atoms with E-state index < -0.39 is 0 Å². The third-order valence-electron chi connectivity index (χ3n) is 2.35. The lowest BCUT2D eigenvalue weighted by Crippen LogP contribution is -1.93. The molecule has 0 aliphatic rings. The smallest absolute Gasteiger partial charge is 0.147 e. The summed E-state index contributed by atoms with van der Waals surface area (Å²) in [5.74, 6) is 0.776. The molecule has 0 unspecified atom stereocenters. The van der Waals surface area contributed by atoms with Gasteiger partial charge in [-0.1, -0.05) is 6.92 Å². The number of halogens is 1. The van der Waals surface area contributed by atoms with E-state index in [0.29, 0.717) is 0 Å². The summed E-state index contributed by atoms with van der Waals surface area (Å²) in [5.41, 5.74) is 2.03. The van der Waals surface area contributed by atoms with E-state index in [4.69, 9.17) is 4.74 Å². The van der Waals surface area contributed by atoms with Crippen LogP contribution in [0.2, 0.25) is 0 Å². The Labute approximate surface area is 96.6 Å². The third kappa shape index (κ3) is 1.81. The molecule has 0 N–H and O–H groups in total. The van der Waals surface area contributed by atoms with E-state index in [2.05, 4.69) is 39.1 Å². The van der Waals surface area contributed by atoms with Crippen molar-refractivity contribution in [3.8, 4) is 5.75 Å². The van der Waals surface area contributed by atoms with Crippen LogP contribution < -0.4 is 4.74 Å². The van der Waals surface area contributed by atoms with Gasteiger partial charge in [0.2, 0.25) is 0 Å². The van der Waals surface area contributed by atoms with Gasteiger partial charge >= 0.3 is 0 Å². The monoisotopic (exact) mass is 266 g/mol. The minimum atomic E-state index is 0.776. The molecule has 78 valence electrons. The first-order valence-electron chi connectivity index (χ1n) is 4.74. The first-order valence-corrected chi connectivity index (χ1v) is 5.53. The maximum atomic E-state index is 5.30. The fourth-order valence-electron chi connectivity index (χ4n) is 1.52. The molecule has 15 heavy (non-hydrogen) atoms. The molecule has 2 aromatic rings. The number of ether oxygens (including phenoxy) is 1. The van der Waals surface area contributed by atoms with Crippen molar-refractivity contribution in [3.63, 3.8) is 0 Å². The van der Waals surface area contributed by atoms with Crippen molar-refractivity contribution in [2.45, 2.75) is 13.3 Å². The average molecular weight is 267 g/mol. The molecule has 0 saturated heterocycles. The predicted octanol–water partition coefficient (Wildman–Crippen LogP) is 2.96. The number of methoxy groups -OCH3 is 1. The second-order valence-corrected chi connectivity index (χ2v) is 4.09. The largest absolute Gasteiger partial charge is 0.494 e. The number of hydrogen-bond donors (Lipinski definition) is 0. The lowest BCUT2D eigenvalue weighted by atomic mass is 10.1. The Kier molecular flexibility index (Phi) is 2.86. The molecule has 3 nitrogen and oxygen atoms in total. The second-order valence-electron chi connectivity index (χ2n) is 3.24. The van der Waals surface area contributed by atoms with Gasteiger partial charge < -0.3 is 4.74 Å². The molecule has 0 fully saturated rings. The Balaban J connectivity index is 2.80. The minimum Gasteiger partial charge on any atom is -0.494 e. The van der Waals surface area contributed by atoms with Crippen molar-refractivity contribution in [2.24, 2.45) is 0 Å². The van der Waals surface area contributed by atoms with E-state index in [1.165, 1.54) is 5.56 Å². The highest BCUT2D eigenvalue weighted by atomic mass is 79.9. The lowest BCUT2D eigenvalue weighted by molar-refractivity contribution is 0.418. The Hall–Kier alpha value is -1.16. The molecule has 1 aromatic heterocycles. The number of hydrogen-bond acceptors (Lipinski definition) is 3. The van der Waals surface area contributed by atoms with Crippen molar-refractivity contribution in [3.05, 3.63) is 28.4 Å². The van der Waals surface area contributed by atoms with Crippen LogP contribution in [0.1, 0.15) is 12.5 Å². The van der Waals surface area contributed by atoms with Gasteiger partial charge in [-0.2, -0.15) is 5.10 Å². The van der Waals surface area contributed by atoms with E-state index >= 15 is 0 Å². The van der Waals surface area contributed by atoms with Gasteiger partial charge in [0.05, 0.1) is 13.3 Å². The van der Waals surface area contributed by atoms with Crippen molar-refractivity contribution >= 4 is 26.8 Å². The van der Waals surface area contributed by atoms with Crippen LogP contribution in [0.3, 0.4) is 0 Å². The highest BCUT2D eigenvalue weighted by Gasteiger charge is 2.08. The van der Waals surface area contributed by atoms with E-state index in [1.807, 2.05) is 6.07 Å². The number of nitrogens with zero attached hydrogens (tertiary/aromatic N) is 2. The number of benzene rings is 1. The molecule has 1 heterocycles. The number of aromatic nitrogens is 2. The van der Waals surface area contributed by atoms with Gasteiger partial charge in [0.15, 0.2) is 0 Å². The Morgan fingerprint density at radius 1 is 1.40 bits per heavy atom. The molecular formula is C11H11BrN2O. The average Bonchev–Trinajstić information content (AvgIpc) is 2.28. The molecule has 0 bridgehead atoms. The molecule has 2 rings (SSSR count). The van der Waals surface area contributed by atoms with Crippen LogP contribution in [0.5, 0.6) is 5.75 Å². The van der Waals surface area contributed by atoms with Gasteiger partial charge in [0.1, 0.15) is 11.3 Å². The number of fused-ring (bicyclic) bond motifs is 1. The molecule has 4 heteroatoms.